The zero-order chi connectivity index (χ0) is 13.0. The first-order valence-corrected chi connectivity index (χ1v) is 8.06. The highest BCUT2D eigenvalue weighted by Gasteiger charge is 2.49. The quantitative estimate of drug-likeness (QED) is 0.678. The Balaban J connectivity index is 1.72. The van der Waals surface area contributed by atoms with Gasteiger partial charge in [-0.3, -0.25) is 0 Å². The first-order valence-electron chi connectivity index (χ1n) is 8.06. The third-order valence-corrected chi connectivity index (χ3v) is 6.53. The Morgan fingerprint density at radius 2 is 2.05 bits per heavy atom. The molecule has 3 aliphatic carbocycles. The van der Waals surface area contributed by atoms with Crippen LogP contribution in [0.25, 0.3) is 0 Å². The van der Waals surface area contributed by atoms with Gasteiger partial charge in [0.05, 0.1) is 0 Å². The summed E-state index contributed by atoms with van der Waals surface area (Å²) in [5, 5.41) is 0. The fourth-order valence-corrected chi connectivity index (χ4v) is 5.60. The first kappa shape index (κ1) is 11.8. The van der Waals surface area contributed by atoms with Gasteiger partial charge >= 0.3 is 0 Å². The highest BCUT2D eigenvalue weighted by atomic mass is 14.6. The summed E-state index contributed by atoms with van der Waals surface area (Å²) in [5.41, 5.74) is 10.8. The number of aryl methyl sites for hydroxylation is 1. The molecule has 1 nitrogen and oxygen atoms in total. The summed E-state index contributed by atoms with van der Waals surface area (Å²) < 4.78 is 0. The molecule has 2 saturated carbocycles. The molecule has 0 heterocycles. The van der Waals surface area contributed by atoms with Crippen LogP contribution in [0.1, 0.15) is 62.5 Å². The highest BCUT2D eigenvalue weighted by molar-refractivity contribution is 5.47. The zero-order valence-electron chi connectivity index (χ0n) is 12.0. The van der Waals surface area contributed by atoms with E-state index in [4.69, 9.17) is 5.73 Å². The topological polar surface area (TPSA) is 26.0 Å². The number of hydrogen-bond donors (Lipinski definition) is 1. The monoisotopic (exact) mass is 255 g/mol. The maximum atomic E-state index is 5.96. The van der Waals surface area contributed by atoms with Crippen LogP contribution in [0.4, 0.5) is 5.69 Å². The van der Waals surface area contributed by atoms with Crippen molar-refractivity contribution in [3.8, 4) is 0 Å². The van der Waals surface area contributed by atoms with Crippen LogP contribution in [0.15, 0.2) is 18.2 Å². The van der Waals surface area contributed by atoms with Gasteiger partial charge in [0, 0.05) is 5.69 Å². The Morgan fingerprint density at radius 3 is 2.95 bits per heavy atom. The largest absolute Gasteiger partial charge is 0.399 e. The molecular weight excluding hydrogens is 230 g/mol. The maximum Gasteiger partial charge on any atom is 0.0316 e. The van der Waals surface area contributed by atoms with E-state index >= 15 is 0 Å². The summed E-state index contributed by atoms with van der Waals surface area (Å²) in [6, 6.07) is 6.68. The molecule has 0 aromatic heterocycles. The lowest BCUT2D eigenvalue weighted by Gasteiger charge is -2.49. The van der Waals surface area contributed by atoms with Gasteiger partial charge < -0.3 is 5.73 Å². The number of fused-ring (bicyclic) bond motifs is 5. The summed E-state index contributed by atoms with van der Waals surface area (Å²) in [7, 11) is 0. The summed E-state index contributed by atoms with van der Waals surface area (Å²) >= 11 is 0. The first-order chi connectivity index (χ1) is 9.17. The normalized spacial score (nSPS) is 40.4. The Morgan fingerprint density at radius 1 is 1.16 bits per heavy atom. The summed E-state index contributed by atoms with van der Waals surface area (Å²) in [4.78, 5) is 0. The molecular formula is C18H25N. The number of hydrogen-bond acceptors (Lipinski definition) is 1. The molecule has 1 aromatic carbocycles. The molecule has 0 saturated heterocycles. The third-order valence-electron chi connectivity index (χ3n) is 6.53. The van der Waals surface area contributed by atoms with Crippen LogP contribution in [0.3, 0.4) is 0 Å². The van der Waals surface area contributed by atoms with E-state index in [0.29, 0.717) is 5.41 Å². The van der Waals surface area contributed by atoms with Crippen molar-refractivity contribution in [1.82, 2.24) is 0 Å². The lowest BCUT2D eigenvalue weighted by atomic mass is 9.56. The van der Waals surface area contributed by atoms with E-state index in [0.717, 1.165) is 23.4 Å². The van der Waals surface area contributed by atoms with E-state index in [1.54, 1.807) is 11.1 Å². The molecule has 1 aromatic rings. The van der Waals surface area contributed by atoms with Crippen LogP contribution in [-0.2, 0) is 6.42 Å². The highest BCUT2D eigenvalue weighted by Crippen LogP contribution is 2.60. The predicted octanol–water partition coefficient (Wildman–Crippen LogP) is 4.52. The molecule has 0 unspecified atom stereocenters. The van der Waals surface area contributed by atoms with Crippen LogP contribution in [0, 0.1) is 17.3 Å². The molecule has 1 heteroatoms. The Kier molecular flexibility index (Phi) is 2.49. The molecule has 0 amide bonds. The molecule has 2 N–H and O–H groups in total. The van der Waals surface area contributed by atoms with Crippen molar-refractivity contribution in [3.63, 3.8) is 0 Å². The van der Waals surface area contributed by atoms with Crippen molar-refractivity contribution < 1.29 is 0 Å². The molecule has 2 fully saturated rings. The summed E-state index contributed by atoms with van der Waals surface area (Å²) in [6.07, 6.45) is 9.96. The number of anilines is 1. The fraction of sp³-hybridized carbons (Fsp3) is 0.667. The van der Waals surface area contributed by atoms with Gasteiger partial charge in [-0.2, -0.15) is 0 Å². The van der Waals surface area contributed by atoms with Gasteiger partial charge in [0.2, 0.25) is 0 Å². The van der Waals surface area contributed by atoms with Gasteiger partial charge in [-0.1, -0.05) is 19.4 Å². The van der Waals surface area contributed by atoms with E-state index in [2.05, 4.69) is 25.1 Å². The third kappa shape index (κ3) is 1.67. The smallest absolute Gasteiger partial charge is 0.0316 e. The van der Waals surface area contributed by atoms with Gasteiger partial charge in [0.1, 0.15) is 0 Å². The number of nitrogen functional groups attached to an aromatic ring is 1. The molecule has 3 aliphatic rings. The van der Waals surface area contributed by atoms with E-state index in [-0.39, 0.29) is 0 Å². The second-order valence-electron chi connectivity index (χ2n) is 7.46. The number of rotatable bonds is 0. The van der Waals surface area contributed by atoms with E-state index in [9.17, 15) is 0 Å². The zero-order valence-corrected chi connectivity index (χ0v) is 12.0. The van der Waals surface area contributed by atoms with Crippen molar-refractivity contribution in [2.24, 2.45) is 17.3 Å². The van der Waals surface area contributed by atoms with E-state index in [1.807, 2.05) is 0 Å². The van der Waals surface area contributed by atoms with Gasteiger partial charge in [-0.05, 0) is 85.0 Å². The minimum atomic E-state index is 0.673. The maximum absolute atomic E-state index is 5.96. The standard InChI is InChI=1S/C18H25N/c1-18-9-2-3-17(18)16-6-4-12-11-13(19)5-7-14(12)15(16)8-10-18/h5,7,11,15-17H,2-4,6,8-10,19H2,1H3/t15-,16-,17+,18+/m1/s1. The number of nitrogens with two attached hydrogens (primary N) is 1. The van der Waals surface area contributed by atoms with Gasteiger partial charge in [-0.25, -0.2) is 0 Å². The van der Waals surface area contributed by atoms with E-state index < -0.39 is 0 Å². The molecule has 0 bridgehead atoms. The van der Waals surface area contributed by atoms with Crippen molar-refractivity contribution in [3.05, 3.63) is 29.3 Å². The molecule has 4 atom stereocenters. The fourth-order valence-electron chi connectivity index (χ4n) is 5.60. The Labute approximate surface area is 116 Å². The average molecular weight is 255 g/mol. The van der Waals surface area contributed by atoms with Crippen LogP contribution in [0.5, 0.6) is 0 Å². The van der Waals surface area contributed by atoms with Crippen LogP contribution in [-0.4, -0.2) is 0 Å². The van der Waals surface area contributed by atoms with E-state index in [1.165, 1.54) is 44.9 Å². The van der Waals surface area contributed by atoms with Crippen LogP contribution in [0.2, 0.25) is 0 Å². The van der Waals surface area contributed by atoms with Crippen LogP contribution >= 0.6 is 0 Å². The minimum Gasteiger partial charge on any atom is -0.399 e. The van der Waals surface area contributed by atoms with Gasteiger partial charge in [0.25, 0.3) is 0 Å². The second kappa shape index (κ2) is 4.01. The predicted molar refractivity (Wildman–Crippen MR) is 80.1 cm³/mol. The van der Waals surface area contributed by atoms with Crippen molar-refractivity contribution in [2.75, 3.05) is 5.73 Å². The molecule has 0 spiro atoms. The summed E-state index contributed by atoms with van der Waals surface area (Å²) in [6.45, 7) is 2.57. The Bertz CT molecular complexity index is 506. The summed E-state index contributed by atoms with van der Waals surface area (Å²) in [5.74, 6) is 2.79. The molecule has 0 aliphatic heterocycles. The van der Waals surface area contributed by atoms with Crippen LogP contribution < -0.4 is 5.73 Å². The number of benzene rings is 1. The lowest BCUT2D eigenvalue weighted by Crippen LogP contribution is -2.39. The van der Waals surface area contributed by atoms with Crippen molar-refractivity contribution in [2.45, 2.75) is 57.8 Å². The SMILES string of the molecule is C[C@@]12CCC[C@H]1[C@@H]1CCc3cc(N)ccc3[C@H]1CC2. The molecule has 102 valence electrons. The van der Waals surface area contributed by atoms with Gasteiger partial charge in [0.15, 0.2) is 0 Å². The lowest BCUT2D eigenvalue weighted by molar-refractivity contribution is 0.0599. The van der Waals surface area contributed by atoms with Crippen molar-refractivity contribution >= 4 is 5.69 Å². The molecule has 4 rings (SSSR count). The van der Waals surface area contributed by atoms with Crippen molar-refractivity contribution in [1.29, 1.82) is 0 Å². The Hall–Kier alpha value is -0.980. The van der Waals surface area contributed by atoms with Gasteiger partial charge in [-0.15, -0.1) is 0 Å². The molecule has 19 heavy (non-hydrogen) atoms. The average Bonchev–Trinajstić information content (AvgIpc) is 2.79. The second-order valence-corrected chi connectivity index (χ2v) is 7.46. The molecule has 0 radical (unpaired) electrons. The minimum absolute atomic E-state index is 0.673.